The predicted molar refractivity (Wildman–Crippen MR) is 77.7 cm³/mol. The summed E-state index contributed by atoms with van der Waals surface area (Å²) < 4.78 is 3.12. The summed E-state index contributed by atoms with van der Waals surface area (Å²) in [4.78, 5) is 0. The highest BCUT2D eigenvalue weighted by atomic mass is 79.9. The molecule has 1 aromatic rings. The zero-order valence-corrected chi connectivity index (χ0v) is 13.7. The molecule has 0 aliphatic heterocycles. The van der Waals surface area contributed by atoms with E-state index in [1.807, 2.05) is 11.7 Å². The fourth-order valence-electron chi connectivity index (χ4n) is 1.79. The molecule has 1 heterocycles. The van der Waals surface area contributed by atoms with E-state index in [2.05, 4.69) is 48.7 Å². The lowest BCUT2D eigenvalue weighted by molar-refractivity contribution is 0.372. The standard InChI is InChI=1S/C13H22BrClN2/c1-6-9-12(14)10(17(5)16-9)7-8-11(15)13(2,3)4/h11H,6-8H2,1-5H3. The molecule has 0 aliphatic rings. The van der Waals surface area contributed by atoms with E-state index < -0.39 is 0 Å². The lowest BCUT2D eigenvalue weighted by Crippen LogP contribution is -2.21. The van der Waals surface area contributed by atoms with Crippen molar-refractivity contribution in [2.45, 2.75) is 52.3 Å². The average Bonchev–Trinajstić information content (AvgIpc) is 2.49. The molecule has 1 aromatic heterocycles. The first kappa shape index (κ1) is 15.0. The molecule has 1 atom stereocenters. The Morgan fingerprint density at radius 2 is 2.00 bits per heavy atom. The lowest BCUT2D eigenvalue weighted by Gasteiger charge is -2.25. The molecule has 0 spiro atoms. The predicted octanol–water partition coefficient (Wildman–Crippen LogP) is 4.33. The summed E-state index contributed by atoms with van der Waals surface area (Å²) in [7, 11) is 2.00. The van der Waals surface area contributed by atoms with Gasteiger partial charge in [0.25, 0.3) is 0 Å². The number of aryl methyl sites for hydroxylation is 2. The zero-order valence-electron chi connectivity index (χ0n) is 11.3. The molecular formula is C13H22BrClN2. The van der Waals surface area contributed by atoms with Gasteiger partial charge in [-0.05, 0) is 40.6 Å². The lowest BCUT2D eigenvalue weighted by atomic mass is 9.89. The average molecular weight is 322 g/mol. The zero-order chi connectivity index (χ0) is 13.2. The molecule has 0 amide bonds. The quantitative estimate of drug-likeness (QED) is 0.755. The van der Waals surface area contributed by atoms with E-state index in [1.54, 1.807) is 0 Å². The molecule has 0 bridgehead atoms. The minimum atomic E-state index is 0.153. The molecular weight excluding hydrogens is 300 g/mol. The van der Waals surface area contributed by atoms with Crippen LogP contribution in [-0.4, -0.2) is 15.2 Å². The van der Waals surface area contributed by atoms with Crippen LogP contribution >= 0.6 is 27.5 Å². The number of alkyl halides is 1. The number of aromatic nitrogens is 2. The first-order valence-corrected chi connectivity index (χ1v) is 7.34. The van der Waals surface area contributed by atoms with Gasteiger partial charge in [0, 0.05) is 12.4 Å². The maximum absolute atomic E-state index is 6.41. The second-order valence-corrected chi connectivity index (χ2v) is 6.88. The maximum Gasteiger partial charge on any atom is 0.0766 e. The molecule has 0 fully saturated rings. The molecule has 0 N–H and O–H groups in total. The Morgan fingerprint density at radius 3 is 2.41 bits per heavy atom. The third-order valence-corrected chi connectivity index (χ3v) is 4.87. The van der Waals surface area contributed by atoms with Crippen LogP contribution < -0.4 is 0 Å². The molecule has 0 saturated heterocycles. The van der Waals surface area contributed by atoms with Gasteiger partial charge < -0.3 is 0 Å². The van der Waals surface area contributed by atoms with Crippen LogP contribution in [-0.2, 0) is 19.9 Å². The van der Waals surface area contributed by atoms with Gasteiger partial charge in [-0.25, -0.2) is 0 Å². The van der Waals surface area contributed by atoms with E-state index in [9.17, 15) is 0 Å². The molecule has 1 rings (SSSR count). The third kappa shape index (κ3) is 3.72. The normalized spacial score (nSPS) is 14.1. The van der Waals surface area contributed by atoms with Crippen LogP contribution in [0.15, 0.2) is 4.47 Å². The van der Waals surface area contributed by atoms with Crippen LogP contribution in [0.25, 0.3) is 0 Å². The highest BCUT2D eigenvalue weighted by molar-refractivity contribution is 9.10. The summed E-state index contributed by atoms with van der Waals surface area (Å²) in [5, 5.41) is 4.68. The Labute approximate surface area is 118 Å². The van der Waals surface area contributed by atoms with E-state index in [0.717, 1.165) is 29.4 Å². The van der Waals surface area contributed by atoms with E-state index in [4.69, 9.17) is 11.6 Å². The molecule has 0 saturated carbocycles. The van der Waals surface area contributed by atoms with Gasteiger partial charge in [0.05, 0.1) is 15.9 Å². The third-order valence-electron chi connectivity index (χ3n) is 3.08. The highest BCUT2D eigenvalue weighted by Gasteiger charge is 2.23. The van der Waals surface area contributed by atoms with Gasteiger partial charge in [-0.3, -0.25) is 4.68 Å². The summed E-state index contributed by atoms with van der Waals surface area (Å²) in [6.07, 6.45) is 2.90. The topological polar surface area (TPSA) is 17.8 Å². The summed E-state index contributed by atoms with van der Waals surface area (Å²) in [5.74, 6) is 0. The van der Waals surface area contributed by atoms with Crippen molar-refractivity contribution in [3.63, 3.8) is 0 Å². The van der Waals surface area contributed by atoms with Crippen LogP contribution in [0, 0.1) is 5.41 Å². The van der Waals surface area contributed by atoms with Crippen LogP contribution in [0.4, 0.5) is 0 Å². The van der Waals surface area contributed by atoms with Crippen molar-refractivity contribution in [2.24, 2.45) is 12.5 Å². The Hall–Kier alpha value is -0.0200. The number of hydrogen-bond acceptors (Lipinski definition) is 1. The van der Waals surface area contributed by atoms with Crippen molar-refractivity contribution in [3.8, 4) is 0 Å². The first-order chi connectivity index (χ1) is 7.77. The molecule has 2 nitrogen and oxygen atoms in total. The maximum atomic E-state index is 6.41. The Morgan fingerprint density at radius 1 is 1.41 bits per heavy atom. The Kier molecular flexibility index (Phi) is 5.08. The molecule has 98 valence electrons. The van der Waals surface area contributed by atoms with Crippen molar-refractivity contribution in [1.82, 2.24) is 9.78 Å². The molecule has 4 heteroatoms. The van der Waals surface area contributed by atoms with Crippen molar-refractivity contribution in [1.29, 1.82) is 0 Å². The second kappa shape index (κ2) is 5.75. The molecule has 0 aromatic carbocycles. The van der Waals surface area contributed by atoms with Gasteiger partial charge in [0.2, 0.25) is 0 Å². The Bertz CT molecular complexity index is 380. The molecule has 17 heavy (non-hydrogen) atoms. The monoisotopic (exact) mass is 320 g/mol. The van der Waals surface area contributed by atoms with Crippen LogP contribution in [0.3, 0.4) is 0 Å². The summed E-state index contributed by atoms with van der Waals surface area (Å²) in [6.45, 7) is 8.66. The van der Waals surface area contributed by atoms with E-state index >= 15 is 0 Å². The van der Waals surface area contributed by atoms with Crippen molar-refractivity contribution in [2.75, 3.05) is 0 Å². The summed E-state index contributed by atoms with van der Waals surface area (Å²) in [5.41, 5.74) is 2.53. The molecule has 1 unspecified atom stereocenters. The van der Waals surface area contributed by atoms with E-state index in [-0.39, 0.29) is 10.8 Å². The van der Waals surface area contributed by atoms with Crippen molar-refractivity contribution < 1.29 is 0 Å². The number of nitrogens with zero attached hydrogens (tertiary/aromatic N) is 2. The van der Waals surface area contributed by atoms with Gasteiger partial charge in [-0.1, -0.05) is 27.7 Å². The highest BCUT2D eigenvalue weighted by Crippen LogP contribution is 2.30. The minimum absolute atomic E-state index is 0.153. The van der Waals surface area contributed by atoms with Gasteiger partial charge in [-0.15, -0.1) is 11.6 Å². The summed E-state index contributed by atoms with van der Waals surface area (Å²) >= 11 is 10.0. The fraction of sp³-hybridized carbons (Fsp3) is 0.769. The minimum Gasteiger partial charge on any atom is -0.271 e. The summed E-state index contributed by atoms with van der Waals surface area (Å²) in [6, 6.07) is 0. The number of halogens is 2. The van der Waals surface area contributed by atoms with Gasteiger partial charge >= 0.3 is 0 Å². The number of hydrogen-bond donors (Lipinski definition) is 0. The SMILES string of the molecule is CCc1nn(C)c(CCC(Cl)C(C)(C)C)c1Br. The van der Waals surface area contributed by atoms with Crippen molar-refractivity contribution in [3.05, 3.63) is 15.9 Å². The second-order valence-electron chi connectivity index (χ2n) is 5.56. The van der Waals surface area contributed by atoms with E-state index in [1.165, 1.54) is 5.69 Å². The number of rotatable bonds is 4. The van der Waals surface area contributed by atoms with Crippen LogP contribution in [0.5, 0.6) is 0 Å². The Balaban J connectivity index is 2.73. The van der Waals surface area contributed by atoms with Gasteiger partial charge in [-0.2, -0.15) is 5.10 Å². The van der Waals surface area contributed by atoms with Gasteiger partial charge in [0.1, 0.15) is 0 Å². The van der Waals surface area contributed by atoms with E-state index in [0.29, 0.717) is 0 Å². The largest absolute Gasteiger partial charge is 0.271 e. The van der Waals surface area contributed by atoms with Crippen LogP contribution in [0.1, 0.15) is 45.5 Å². The fourth-order valence-corrected chi connectivity index (χ4v) is 2.71. The smallest absolute Gasteiger partial charge is 0.0766 e. The van der Waals surface area contributed by atoms with Crippen LogP contribution in [0.2, 0.25) is 0 Å². The first-order valence-electron chi connectivity index (χ1n) is 6.11. The molecule has 0 aliphatic carbocycles. The molecule has 0 radical (unpaired) electrons. The van der Waals surface area contributed by atoms with Crippen molar-refractivity contribution >= 4 is 27.5 Å². The van der Waals surface area contributed by atoms with Gasteiger partial charge in [0.15, 0.2) is 0 Å².